The molecular formula is C17H19N9O3S. The van der Waals surface area contributed by atoms with Crippen molar-refractivity contribution in [2.75, 3.05) is 13.1 Å². The van der Waals surface area contributed by atoms with Gasteiger partial charge >= 0.3 is 5.95 Å². The fourth-order valence-electron chi connectivity index (χ4n) is 3.12. The summed E-state index contributed by atoms with van der Waals surface area (Å²) in [7, 11) is 0. The van der Waals surface area contributed by atoms with Crippen LogP contribution < -0.4 is 0 Å². The van der Waals surface area contributed by atoms with Gasteiger partial charge in [0.15, 0.2) is 0 Å². The van der Waals surface area contributed by atoms with Crippen molar-refractivity contribution < 1.29 is 9.72 Å². The van der Waals surface area contributed by atoms with Crippen molar-refractivity contribution in [2.45, 2.75) is 43.0 Å². The SMILES string of the molecule is Cc1ccc(-n2nnnc2Sc2nc([N+](=O)[O-])nn2CC(=O)N2CCCCC2)cc1. The maximum Gasteiger partial charge on any atom is 0.492 e. The lowest BCUT2D eigenvalue weighted by atomic mass is 10.1. The van der Waals surface area contributed by atoms with E-state index in [0.717, 1.165) is 42.3 Å². The summed E-state index contributed by atoms with van der Waals surface area (Å²) in [5.41, 5.74) is 1.82. The van der Waals surface area contributed by atoms with Gasteiger partial charge in [-0.2, -0.15) is 9.36 Å². The van der Waals surface area contributed by atoms with Gasteiger partial charge in [-0.3, -0.25) is 4.79 Å². The topological polar surface area (TPSA) is 138 Å². The Morgan fingerprint density at radius 3 is 2.60 bits per heavy atom. The normalized spacial score (nSPS) is 14.1. The number of carbonyl (C=O) groups excluding carboxylic acids is 1. The molecule has 30 heavy (non-hydrogen) atoms. The summed E-state index contributed by atoms with van der Waals surface area (Å²) in [5.74, 6) is -0.715. The molecule has 1 aromatic carbocycles. The third-order valence-electron chi connectivity index (χ3n) is 4.69. The van der Waals surface area contributed by atoms with Gasteiger partial charge < -0.3 is 15.0 Å². The summed E-state index contributed by atoms with van der Waals surface area (Å²) in [5, 5.41) is 27.3. The van der Waals surface area contributed by atoms with Crippen molar-refractivity contribution in [3.05, 3.63) is 39.9 Å². The first-order valence-corrected chi connectivity index (χ1v) is 10.2. The molecule has 156 valence electrons. The van der Waals surface area contributed by atoms with Gasteiger partial charge in [-0.05, 0) is 58.7 Å². The molecule has 1 saturated heterocycles. The van der Waals surface area contributed by atoms with Crippen LogP contribution in [0.25, 0.3) is 5.69 Å². The predicted octanol–water partition coefficient (Wildman–Crippen LogP) is 1.63. The molecule has 1 fully saturated rings. The highest BCUT2D eigenvalue weighted by Gasteiger charge is 2.28. The number of benzene rings is 1. The third-order valence-corrected chi connectivity index (χ3v) is 5.61. The molecule has 0 unspecified atom stereocenters. The van der Waals surface area contributed by atoms with Gasteiger partial charge in [-0.25, -0.2) is 0 Å². The maximum atomic E-state index is 12.6. The van der Waals surface area contributed by atoms with Crippen LogP contribution in [0.4, 0.5) is 5.95 Å². The van der Waals surface area contributed by atoms with E-state index >= 15 is 0 Å². The minimum Gasteiger partial charge on any atom is -0.390 e. The summed E-state index contributed by atoms with van der Waals surface area (Å²) < 4.78 is 2.75. The molecule has 4 rings (SSSR count). The monoisotopic (exact) mass is 429 g/mol. The summed E-state index contributed by atoms with van der Waals surface area (Å²) in [6.45, 7) is 3.21. The molecule has 0 aliphatic carbocycles. The number of tetrazole rings is 1. The second kappa shape index (κ2) is 8.57. The van der Waals surface area contributed by atoms with Crippen LogP contribution in [0.5, 0.6) is 0 Å². The van der Waals surface area contributed by atoms with Crippen LogP contribution in [-0.4, -0.2) is 63.8 Å². The average molecular weight is 429 g/mol. The number of nitro groups is 1. The third kappa shape index (κ3) is 4.30. The van der Waals surface area contributed by atoms with E-state index in [1.807, 2.05) is 31.2 Å². The standard InChI is InChI=1S/C17H19N9O3S/c1-12-5-7-13(8-6-12)25-17(19-21-22-25)30-16-18-15(26(28)29)20-24(16)11-14(27)23-9-3-2-4-10-23/h5-8H,2-4,9-11H2,1H3. The Morgan fingerprint density at radius 1 is 1.17 bits per heavy atom. The van der Waals surface area contributed by atoms with Crippen LogP contribution in [0.1, 0.15) is 24.8 Å². The van der Waals surface area contributed by atoms with E-state index in [0.29, 0.717) is 18.2 Å². The second-order valence-corrected chi connectivity index (χ2v) is 7.80. The van der Waals surface area contributed by atoms with E-state index in [-0.39, 0.29) is 17.6 Å². The lowest BCUT2D eigenvalue weighted by molar-refractivity contribution is -0.394. The molecule has 3 aromatic rings. The summed E-state index contributed by atoms with van der Waals surface area (Å²) in [4.78, 5) is 28.9. The van der Waals surface area contributed by atoms with Gasteiger partial charge in [-0.15, -0.1) is 5.10 Å². The van der Waals surface area contributed by atoms with Gasteiger partial charge in [0.2, 0.25) is 11.1 Å². The molecule has 0 bridgehead atoms. The Morgan fingerprint density at radius 2 is 1.90 bits per heavy atom. The van der Waals surface area contributed by atoms with E-state index in [2.05, 4.69) is 25.6 Å². The van der Waals surface area contributed by atoms with Crippen molar-refractivity contribution in [3.8, 4) is 5.69 Å². The highest BCUT2D eigenvalue weighted by atomic mass is 32.2. The molecule has 1 amide bonds. The number of nitrogens with zero attached hydrogens (tertiary/aromatic N) is 9. The maximum absolute atomic E-state index is 12.6. The number of hydrogen-bond donors (Lipinski definition) is 0. The zero-order valence-corrected chi connectivity index (χ0v) is 17.0. The highest BCUT2D eigenvalue weighted by Crippen LogP contribution is 2.27. The number of carbonyl (C=O) groups is 1. The fraction of sp³-hybridized carbons (Fsp3) is 0.412. The van der Waals surface area contributed by atoms with Crippen LogP contribution >= 0.6 is 11.8 Å². The number of aryl methyl sites for hydroxylation is 1. The summed E-state index contributed by atoms with van der Waals surface area (Å²) in [6.07, 6.45) is 3.01. The first-order chi connectivity index (χ1) is 14.5. The fourth-order valence-corrected chi connectivity index (χ4v) is 3.92. The van der Waals surface area contributed by atoms with Gasteiger partial charge in [0.1, 0.15) is 6.54 Å². The molecule has 0 saturated carbocycles. The lowest BCUT2D eigenvalue weighted by Gasteiger charge is -2.26. The minimum atomic E-state index is -0.686. The van der Waals surface area contributed by atoms with Crippen molar-refractivity contribution in [1.82, 2.24) is 39.9 Å². The lowest BCUT2D eigenvalue weighted by Crippen LogP contribution is -2.38. The largest absolute Gasteiger partial charge is 0.492 e. The quantitative estimate of drug-likeness (QED) is 0.423. The first-order valence-electron chi connectivity index (χ1n) is 9.41. The second-order valence-electron chi connectivity index (χ2n) is 6.86. The van der Waals surface area contributed by atoms with E-state index < -0.39 is 10.9 Å². The first kappa shape index (κ1) is 19.9. The summed E-state index contributed by atoms with van der Waals surface area (Å²) >= 11 is 1.01. The molecule has 0 spiro atoms. The van der Waals surface area contributed by atoms with Crippen molar-refractivity contribution in [3.63, 3.8) is 0 Å². The Labute approximate surface area is 175 Å². The van der Waals surface area contributed by atoms with Crippen LogP contribution in [-0.2, 0) is 11.3 Å². The number of amides is 1. The predicted molar refractivity (Wildman–Crippen MR) is 105 cm³/mol. The smallest absolute Gasteiger partial charge is 0.390 e. The van der Waals surface area contributed by atoms with Crippen molar-refractivity contribution >= 4 is 23.6 Å². The van der Waals surface area contributed by atoms with Crippen LogP contribution in [0, 0.1) is 17.0 Å². The molecule has 2 aromatic heterocycles. The molecule has 1 aliphatic heterocycles. The molecule has 0 N–H and O–H groups in total. The van der Waals surface area contributed by atoms with Gasteiger partial charge in [0.25, 0.3) is 5.16 Å². The molecule has 1 aliphatic rings. The average Bonchev–Trinajstić information content (AvgIpc) is 3.37. The van der Waals surface area contributed by atoms with Gasteiger partial charge in [0.05, 0.1) is 5.69 Å². The minimum absolute atomic E-state index is 0.130. The Balaban J connectivity index is 1.60. The summed E-state index contributed by atoms with van der Waals surface area (Å²) in [6, 6.07) is 7.58. The molecule has 12 nitrogen and oxygen atoms in total. The van der Waals surface area contributed by atoms with E-state index in [9.17, 15) is 14.9 Å². The van der Waals surface area contributed by atoms with Gasteiger partial charge in [0, 0.05) is 30.0 Å². The highest BCUT2D eigenvalue weighted by molar-refractivity contribution is 7.99. The number of hydrogen-bond acceptors (Lipinski definition) is 9. The Hall–Kier alpha value is -3.35. The molecular weight excluding hydrogens is 410 g/mol. The molecule has 0 radical (unpaired) electrons. The number of piperidine rings is 1. The Kier molecular flexibility index (Phi) is 5.70. The van der Waals surface area contributed by atoms with Gasteiger partial charge in [-0.1, -0.05) is 17.7 Å². The van der Waals surface area contributed by atoms with Crippen LogP contribution in [0.15, 0.2) is 34.6 Å². The van der Waals surface area contributed by atoms with Crippen molar-refractivity contribution in [2.24, 2.45) is 0 Å². The number of rotatable bonds is 6. The van der Waals surface area contributed by atoms with E-state index in [1.165, 1.54) is 9.36 Å². The zero-order valence-electron chi connectivity index (χ0n) is 16.2. The van der Waals surface area contributed by atoms with E-state index in [4.69, 9.17) is 0 Å². The van der Waals surface area contributed by atoms with Crippen molar-refractivity contribution in [1.29, 1.82) is 0 Å². The number of aromatic nitrogens is 7. The Bertz CT molecular complexity index is 1060. The van der Waals surface area contributed by atoms with Crippen LogP contribution in [0.3, 0.4) is 0 Å². The van der Waals surface area contributed by atoms with E-state index in [1.54, 1.807) is 4.90 Å². The zero-order chi connectivity index (χ0) is 21.1. The molecule has 13 heteroatoms. The molecule has 3 heterocycles. The molecule has 0 atom stereocenters. The van der Waals surface area contributed by atoms with Crippen LogP contribution in [0.2, 0.25) is 0 Å². The number of likely N-dealkylation sites (tertiary alicyclic amines) is 1.